The Morgan fingerprint density at radius 3 is 2.65 bits per heavy atom. The molecule has 4 rings (SSSR count). The van der Waals surface area contributed by atoms with E-state index in [0.717, 1.165) is 5.82 Å². The van der Waals surface area contributed by atoms with Crippen LogP contribution < -0.4 is 4.90 Å². The van der Waals surface area contributed by atoms with Crippen molar-refractivity contribution in [1.82, 2.24) is 19.5 Å². The predicted molar refractivity (Wildman–Crippen MR) is 94.6 cm³/mol. The van der Waals surface area contributed by atoms with E-state index in [1.54, 1.807) is 39.9 Å². The highest BCUT2D eigenvalue weighted by atomic mass is 19.1. The SMILES string of the molecule is COC(=O)N1CCN(c2cc(-c3ccccc3F)nc3ccnn23)CC1. The first-order valence-corrected chi connectivity index (χ1v) is 8.35. The average molecular weight is 355 g/mol. The Morgan fingerprint density at radius 1 is 1.15 bits per heavy atom. The number of anilines is 1. The lowest BCUT2D eigenvalue weighted by molar-refractivity contribution is 0.121. The Bertz CT molecular complexity index is 950. The summed E-state index contributed by atoms with van der Waals surface area (Å²) in [5.74, 6) is 0.507. The molecule has 1 aromatic carbocycles. The number of nitrogens with zero attached hydrogens (tertiary/aromatic N) is 5. The molecule has 0 aliphatic carbocycles. The molecule has 134 valence electrons. The minimum atomic E-state index is -0.323. The molecular formula is C18H18FN5O2. The molecule has 26 heavy (non-hydrogen) atoms. The minimum absolute atomic E-state index is 0.315. The number of halogens is 1. The maximum atomic E-state index is 14.2. The van der Waals surface area contributed by atoms with E-state index in [9.17, 15) is 9.18 Å². The van der Waals surface area contributed by atoms with Crippen molar-refractivity contribution in [3.05, 3.63) is 48.4 Å². The number of amides is 1. The lowest BCUT2D eigenvalue weighted by Gasteiger charge is -2.35. The normalized spacial score (nSPS) is 14.7. The summed E-state index contributed by atoms with van der Waals surface area (Å²) in [7, 11) is 1.38. The predicted octanol–water partition coefficient (Wildman–Crippen LogP) is 2.42. The second-order valence-electron chi connectivity index (χ2n) is 6.02. The van der Waals surface area contributed by atoms with Gasteiger partial charge in [-0.1, -0.05) is 12.1 Å². The van der Waals surface area contributed by atoms with Gasteiger partial charge in [-0.15, -0.1) is 0 Å². The molecule has 1 aliphatic heterocycles. The van der Waals surface area contributed by atoms with Gasteiger partial charge in [-0.25, -0.2) is 14.2 Å². The van der Waals surface area contributed by atoms with E-state index < -0.39 is 0 Å². The summed E-state index contributed by atoms with van der Waals surface area (Å²) in [6.07, 6.45) is 1.34. The maximum Gasteiger partial charge on any atom is 0.409 e. The number of rotatable bonds is 2. The summed E-state index contributed by atoms with van der Waals surface area (Å²) in [6, 6.07) is 10.2. The Labute approximate surface area is 149 Å². The van der Waals surface area contributed by atoms with Gasteiger partial charge in [-0.05, 0) is 12.1 Å². The van der Waals surface area contributed by atoms with Gasteiger partial charge in [0.15, 0.2) is 5.65 Å². The van der Waals surface area contributed by atoms with Gasteiger partial charge in [0, 0.05) is 43.9 Å². The quantitative estimate of drug-likeness (QED) is 0.706. The van der Waals surface area contributed by atoms with Crippen LogP contribution in [0.25, 0.3) is 16.9 Å². The van der Waals surface area contributed by atoms with Crippen molar-refractivity contribution < 1.29 is 13.9 Å². The van der Waals surface area contributed by atoms with Gasteiger partial charge in [0.05, 0.1) is 19.0 Å². The number of hydrogen-bond acceptors (Lipinski definition) is 5. The first-order valence-electron chi connectivity index (χ1n) is 8.35. The molecule has 0 unspecified atom stereocenters. The number of carbonyl (C=O) groups is 1. The standard InChI is InChI=1S/C18H18FN5O2/c1-26-18(25)23-10-8-22(9-11-23)17-12-15(13-4-2-3-5-14(13)19)21-16-6-7-20-24(16)17/h2-7,12H,8-11H2,1H3. The largest absolute Gasteiger partial charge is 0.453 e. The van der Waals surface area contributed by atoms with Crippen LogP contribution in [0.4, 0.5) is 15.0 Å². The Balaban J connectivity index is 1.70. The number of piperazine rings is 1. The molecule has 0 spiro atoms. The summed E-state index contributed by atoms with van der Waals surface area (Å²) in [6.45, 7) is 2.36. The third-order valence-corrected chi connectivity index (χ3v) is 4.53. The van der Waals surface area contributed by atoms with Crippen LogP contribution in [-0.2, 0) is 4.74 Å². The molecule has 3 heterocycles. The number of benzene rings is 1. The number of carbonyl (C=O) groups excluding carboxylic acids is 1. The number of fused-ring (bicyclic) bond motifs is 1. The van der Waals surface area contributed by atoms with Gasteiger partial charge < -0.3 is 14.5 Å². The molecule has 0 saturated carbocycles. The summed E-state index contributed by atoms with van der Waals surface area (Å²) >= 11 is 0. The van der Waals surface area contributed by atoms with E-state index >= 15 is 0 Å². The fourth-order valence-corrected chi connectivity index (χ4v) is 3.18. The van der Waals surface area contributed by atoms with Crippen LogP contribution in [0, 0.1) is 5.82 Å². The zero-order valence-corrected chi connectivity index (χ0v) is 14.3. The monoisotopic (exact) mass is 355 g/mol. The molecule has 1 amide bonds. The fourth-order valence-electron chi connectivity index (χ4n) is 3.18. The summed E-state index contributed by atoms with van der Waals surface area (Å²) in [4.78, 5) is 20.0. The summed E-state index contributed by atoms with van der Waals surface area (Å²) in [5.41, 5.74) is 1.66. The van der Waals surface area contributed by atoms with Crippen LogP contribution in [-0.4, -0.2) is 58.9 Å². The molecule has 1 aliphatic rings. The van der Waals surface area contributed by atoms with E-state index in [-0.39, 0.29) is 11.9 Å². The molecule has 3 aromatic rings. The van der Waals surface area contributed by atoms with Gasteiger partial charge in [0.25, 0.3) is 0 Å². The van der Waals surface area contributed by atoms with E-state index in [4.69, 9.17) is 4.74 Å². The van der Waals surface area contributed by atoms with Crippen molar-refractivity contribution in [1.29, 1.82) is 0 Å². The summed E-state index contributed by atoms with van der Waals surface area (Å²) in [5, 5.41) is 4.33. The van der Waals surface area contributed by atoms with Gasteiger partial charge in [-0.2, -0.15) is 9.61 Å². The third-order valence-electron chi connectivity index (χ3n) is 4.53. The number of hydrogen-bond donors (Lipinski definition) is 0. The Hall–Kier alpha value is -3.16. The van der Waals surface area contributed by atoms with Crippen molar-refractivity contribution in [2.75, 3.05) is 38.2 Å². The fraction of sp³-hybridized carbons (Fsp3) is 0.278. The average Bonchev–Trinajstić information content (AvgIpc) is 3.16. The molecule has 1 fully saturated rings. The zero-order valence-electron chi connectivity index (χ0n) is 14.3. The topological polar surface area (TPSA) is 63.0 Å². The summed E-state index contributed by atoms with van der Waals surface area (Å²) < 4.78 is 20.7. The molecule has 1 saturated heterocycles. The highest BCUT2D eigenvalue weighted by Crippen LogP contribution is 2.27. The van der Waals surface area contributed by atoms with Crippen molar-refractivity contribution >= 4 is 17.6 Å². The van der Waals surface area contributed by atoms with E-state index in [2.05, 4.69) is 15.0 Å². The van der Waals surface area contributed by atoms with E-state index in [1.807, 2.05) is 6.07 Å². The van der Waals surface area contributed by atoms with Crippen LogP contribution in [0.15, 0.2) is 42.6 Å². The van der Waals surface area contributed by atoms with Gasteiger partial charge in [0.2, 0.25) is 0 Å². The third kappa shape index (κ3) is 2.83. The Morgan fingerprint density at radius 2 is 1.92 bits per heavy atom. The van der Waals surface area contributed by atoms with Crippen LogP contribution in [0.3, 0.4) is 0 Å². The smallest absolute Gasteiger partial charge is 0.409 e. The molecule has 7 nitrogen and oxygen atoms in total. The molecule has 0 radical (unpaired) electrons. The highest BCUT2D eigenvalue weighted by molar-refractivity contribution is 5.69. The molecule has 0 atom stereocenters. The van der Waals surface area contributed by atoms with Crippen LogP contribution in [0.1, 0.15) is 0 Å². The molecule has 2 aromatic heterocycles. The lowest BCUT2D eigenvalue weighted by atomic mass is 10.1. The molecule has 8 heteroatoms. The first-order chi connectivity index (χ1) is 12.7. The number of methoxy groups -OCH3 is 1. The zero-order chi connectivity index (χ0) is 18.1. The van der Waals surface area contributed by atoms with E-state index in [0.29, 0.717) is 43.1 Å². The van der Waals surface area contributed by atoms with Gasteiger partial charge in [-0.3, -0.25) is 0 Å². The Kier molecular flexibility index (Phi) is 4.16. The lowest BCUT2D eigenvalue weighted by Crippen LogP contribution is -2.49. The van der Waals surface area contributed by atoms with Gasteiger partial charge >= 0.3 is 6.09 Å². The highest BCUT2D eigenvalue weighted by Gasteiger charge is 2.24. The van der Waals surface area contributed by atoms with Gasteiger partial charge in [0.1, 0.15) is 11.6 Å². The van der Waals surface area contributed by atoms with E-state index in [1.165, 1.54) is 13.2 Å². The van der Waals surface area contributed by atoms with Crippen LogP contribution in [0.5, 0.6) is 0 Å². The maximum absolute atomic E-state index is 14.2. The second-order valence-corrected chi connectivity index (χ2v) is 6.02. The first kappa shape index (κ1) is 16.3. The van der Waals surface area contributed by atoms with Crippen molar-refractivity contribution in [2.24, 2.45) is 0 Å². The van der Waals surface area contributed by atoms with Crippen LogP contribution in [0.2, 0.25) is 0 Å². The second kappa shape index (κ2) is 6.62. The van der Waals surface area contributed by atoms with Crippen molar-refractivity contribution in [2.45, 2.75) is 0 Å². The molecule has 0 bridgehead atoms. The number of aromatic nitrogens is 3. The molecular weight excluding hydrogens is 337 g/mol. The van der Waals surface area contributed by atoms with Crippen LogP contribution >= 0.6 is 0 Å². The van der Waals surface area contributed by atoms with Crippen molar-refractivity contribution in [3.63, 3.8) is 0 Å². The minimum Gasteiger partial charge on any atom is -0.453 e. The van der Waals surface area contributed by atoms with Crippen molar-refractivity contribution in [3.8, 4) is 11.3 Å². The molecule has 0 N–H and O–H groups in total. The number of ether oxygens (including phenoxy) is 1.